The molecule has 108 valence electrons. The second-order valence-corrected chi connectivity index (χ2v) is 4.90. The minimum atomic E-state index is 0.200. The predicted octanol–water partition coefficient (Wildman–Crippen LogP) is 0.347. The molecule has 1 fully saturated rings. The second kappa shape index (κ2) is 8.82. The average molecular weight is 260 g/mol. The summed E-state index contributed by atoms with van der Waals surface area (Å²) in [6.45, 7) is 6.98. The first-order valence-electron chi connectivity index (χ1n) is 6.72. The molecule has 0 saturated carbocycles. The molecule has 3 atom stereocenters. The molecule has 5 nitrogen and oxygen atoms in total. The Morgan fingerprint density at radius 3 is 2.28 bits per heavy atom. The van der Waals surface area contributed by atoms with Crippen molar-refractivity contribution < 1.29 is 14.2 Å². The van der Waals surface area contributed by atoms with Gasteiger partial charge in [-0.3, -0.25) is 4.90 Å². The molecule has 0 aromatic heterocycles. The van der Waals surface area contributed by atoms with E-state index in [1.165, 1.54) is 0 Å². The third kappa shape index (κ3) is 4.82. The molecule has 1 rings (SSSR count). The molecule has 0 bridgehead atoms. The topological polar surface area (TPSA) is 43.0 Å². The van der Waals surface area contributed by atoms with Crippen molar-refractivity contribution in [3.05, 3.63) is 0 Å². The van der Waals surface area contributed by atoms with Crippen LogP contribution in [0, 0.1) is 0 Å². The van der Waals surface area contributed by atoms with Gasteiger partial charge >= 0.3 is 0 Å². The van der Waals surface area contributed by atoms with Gasteiger partial charge in [0.25, 0.3) is 0 Å². The molecule has 5 heteroatoms. The molecule has 1 saturated heterocycles. The second-order valence-electron chi connectivity index (χ2n) is 4.90. The van der Waals surface area contributed by atoms with E-state index in [4.69, 9.17) is 14.2 Å². The van der Waals surface area contributed by atoms with E-state index in [0.717, 1.165) is 39.2 Å². The minimum absolute atomic E-state index is 0.200. The van der Waals surface area contributed by atoms with Gasteiger partial charge in [0.05, 0.1) is 12.2 Å². The molecule has 1 aliphatic heterocycles. The summed E-state index contributed by atoms with van der Waals surface area (Å²) in [4.78, 5) is 2.42. The zero-order chi connectivity index (χ0) is 13.4. The largest absolute Gasteiger partial charge is 0.385 e. The molecule has 1 aliphatic rings. The van der Waals surface area contributed by atoms with Gasteiger partial charge in [0.2, 0.25) is 0 Å². The summed E-state index contributed by atoms with van der Waals surface area (Å²) in [6, 6.07) is 0.505. The maximum Gasteiger partial charge on any atom is 0.0971 e. The Bertz CT molecular complexity index is 204. The number of hydrogen-bond donors (Lipinski definition) is 1. The molecule has 0 aromatic carbocycles. The molecule has 0 spiro atoms. The predicted molar refractivity (Wildman–Crippen MR) is 72.0 cm³/mol. The van der Waals surface area contributed by atoms with Crippen molar-refractivity contribution in [1.82, 2.24) is 10.2 Å². The van der Waals surface area contributed by atoms with E-state index in [1.807, 2.05) is 0 Å². The van der Waals surface area contributed by atoms with Gasteiger partial charge in [-0.1, -0.05) is 0 Å². The zero-order valence-corrected chi connectivity index (χ0v) is 12.1. The first-order valence-corrected chi connectivity index (χ1v) is 6.72. The number of methoxy groups -OCH3 is 3. The molecule has 1 N–H and O–H groups in total. The maximum atomic E-state index is 5.45. The highest BCUT2D eigenvalue weighted by atomic mass is 16.5. The molecule has 0 aromatic rings. The lowest BCUT2D eigenvalue weighted by Gasteiger charge is -2.24. The minimum Gasteiger partial charge on any atom is -0.385 e. The fraction of sp³-hybridized carbons (Fsp3) is 1.00. The van der Waals surface area contributed by atoms with Crippen LogP contribution in [0.25, 0.3) is 0 Å². The number of nitrogens with zero attached hydrogens (tertiary/aromatic N) is 1. The first kappa shape index (κ1) is 15.9. The van der Waals surface area contributed by atoms with E-state index in [0.29, 0.717) is 6.04 Å². The summed E-state index contributed by atoms with van der Waals surface area (Å²) in [5.74, 6) is 0. The van der Waals surface area contributed by atoms with Gasteiger partial charge in [0.15, 0.2) is 0 Å². The lowest BCUT2D eigenvalue weighted by molar-refractivity contribution is -0.00461. The number of likely N-dealkylation sites (tertiary alicyclic amines) is 1. The smallest absolute Gasteiger partial charge is 0.0971 e. The third-order valence-electron chi connectivity index (χ3n) is 3.61. The Labute approximate surface area is 111 Å². The molecule has 0 radical (unpaired) electrons. The highest BCUT2D eigenvalue weighted by Crippen LogP contribution is 2.17. The molecule has 0 aliphatic carbocycles. The van der Waals surface area contributed by atoms with Crippen molar-refractivity contribution in [2.24, 2.45) is 0 Å². The van der Waals surface area contributed by atoms with Crippen molar-refractivity contribution in [1.29, 1.82) is 0 Å². The fourth-order valence-corrected chi connectivity index (χ4v) is 2.37. The van der Waals surface area contributed by atoms with Gasteiger partial charge in [-0.25, -0.2) is 0 Å². The molecule has 18 heavy (non-hydrogen) atoms. The molecule has 0 amide bonds. The van der Waals surface area contributed by atoms with Crippen LogP contribution in [-0.2, 0) is 14.2 Å². The van der Waals surface area contributed by atoms with Gasteiger partial charge in [0.1, 0.15) is 0 Å². The molecule has 3 unspecified atom stereocenters. The first-order chi connectivity index (χ1) is 8.72. The van der Waals surface area contributed by atoms with Crippen LogP contribution in [0.15, 0.2) is 0 Å². The Morgan fingerprint density at radius 2 is 1.78 bits per heavy atom. The van der Waals surface area contributed by atoms with E-state index in [1.54, 1.807) is 21.3 Å². The lowest BCUT2D eigenvalue weighted by Crippen LogP contribution is -2.40. The van der Waals surface area contributed by atoms with Crippen molar-refractivity contribution in [3.63, 3.8) is 0 Å². The third-order valence-corrected chi connectivity index (χ3v) is 3.61. The lowest BCUT2D eigenvalue weighted by atomic mass is 10.3. The van der Waals surface area contributed by atoms with Crippen LogP contribution in [0.5, 0.6) is 0 Å². The van der Waals surface area contributed by atoms with E-state index < -0.39 is 0 Å². The monoisotopic (exact) mass is 260 g/mol. The van der Waals surface area contributed by atoms with Crippen molar-refractivity contribution >= 4 is 0 Å². The quantitative estimate of drug-likeness (QED) is 0.606. The van der Waals surface area contributed by atoms with Gasteiger partial charge in [0, 0.05) is 53.6 Å². The number of ether oxygens (including phenoxy) is 3. The normalized spacial score (nSPS) is 26.7. The Morgan fingerprint density at radius 1 is 1.17 bits per heavy atom. The Hall–Kier alpha value is -0.200. The van der Waals surface area contributed by atoms with Crippen LogP contribution in [0.4, 0.5) is 0 Å². The van der Waals surface area contributed by atoms with Crippen molar-refractivity contribution in [2.75, 3.05) is 54.1 Å². The van der Waals surface area contributed by atoms with Gasteiger partial charge in [-0.05, 0) is 19.9 Å². The molecular weight excluding hydrogens is 232 g/mol. The van der Waals surface area contributed by atoms with E-state index >= 15 is 0 Å². The van der Waals surface area contributed by atoms with E-state index in [2.05, 4.69) is 17.1 Å². The highest BCUT2D eigenvalue weighted by Gasteiger charge is 2.34. The average Bonchev–Trinajstić information content (AvgIpc) is 2.81. The number of nitrogens with one attached hydrogen (secondary N) is 1. The van der Waals surface area contributed by atoms with Gasteiger partial charge in [-0.15, -0.1) is 0 Å². The maximum absolute atomic E-state index is 5.45. The van der Waals surface area contributed by atoms with Crippen LogP contribution in [0.3, 0.4) is 0 Å². The summed E-state index contributed by atoms with van der Waals surface area (Å²) in [7, 11) is 5.25. The molecular formula is C13H28N2O3. The van der Waals surface area contributed by atoms with Crippen LogP contribution in [-0.4, -0.2) is 77.3 Å². The molecule has 1 heterocycles. The summed E-state index contributed by atoms with van der Waals surface area (Å²) in [5.41, 5.74) is 0. The summed E-state index contributed by atoms with van der Waals surface area (Å²) in [5, 5.41) is 3.46. The standard InChI is InChI=1S/C13H28N2O3/c1-11(8-14-6-5-7-16-2)15-9-12(17-3)13(10-15)18-4/h11-14H,5-10H2,1-4H3. The Kier molecular flexibility index (Phi) is 7.77. The van der Waals surface area contributed by atoms with Crippen molar-refractivity contribution in [3.8, 4) is 0 Å². The number of rotatable bonds is 9. The van der Waals surface area contributed by atoms with Crippen LogP contribution >= 0.6 is 0 Å². The van der Waals surface area contributed by atoms with E-state index in [-0.39, 0.29) is 12.2 Å². The summed E-state index contributed by atoms with van der Waals surface area (Å²) < 4.78 is 15.9. The van der Waals surface area contributed by atoms with Gasteiger partial charge < -0.3 is 19.5 Å². The zero-order valence-electron chi connectivity index (χ0n) is 12.1. The highest BCUT2D eigenvalue weighted by molar-refractivity contribution is 4.88. The van der Waals surface area contributed by atoms with Crippen LogP contribution < -0.4 is 5.32 Å². The SMILES string of the molecule is COCCCNCC(C)N1CC(OC)C(OC)C1. The summed E-state index contributed by atoms with van der Waals surface area (Å²) >= 11 is 0. The number of hydrogen-bond acceptors (Lipinski definition) is 5. The van der Waals surface area contributed by atoms with Crippen LogP contribution in [0.1, 0.15) is 13.3 Å². The van der Waals surface area contributed by atoms with Gasteiger partial charge in [-0.2, -0.15) is 0 Å². The van der Waals surface area contributed by atoms with Crippen LogP contribution in [0.2, 0.25) is 0 Å². The Balaban J connectivity index is 2.20. The summed E-state index contributed by atoms with van der Waals surface area (Å²) in [6.07, 6.45) is 1.46. The van der Waals surface area contributed by atoms with Crippen molar-refractivity contribution in [2.45, 2.75) is 31.6 Å². The van der Waals surface area contributed by atoms with E-state index in [9.17, 15) is 0 Å². The fourth-order valence-electron chi connectivity index (χ4n) is 2.37.